The van der Waals surface area contributed by atoms with Crippen LogP contribution in [0.3, 0.4) is 0 Å². The van der Waals surface area contributed by atoms with Gasteiger partial charge in [0.25, 0.3) is 5.91 Å². The average Bonchev–Trinajstić information content (AvgIpc) is 2.78. The fourth-order valence-corrected chi connectivity index (χ4v) is 2.15. The number of hydrogen-bond acceptors (Lipinski definition) is 2. The van der Waals surface area contributed by atoms with Gasteiger partial charge in [-0.2, -0.15) is 0 Å². The molecule has 1 amide bonds. The first-order valence-corrected chi connectivity index (χ1v) is 6.61. The van der Waals surface area contributed by atoms with Gasteiger partial charge < -0.3 is 15.4 Å². The largest absolute Gasteiger partial charge is 0.478 e. The normalized spacial score (nSPS) is 10.2. The average molecular weight is 391 g/mol. The maximum absolute atomic E-state index is 11.9. The summed E-state index contributed by atoms with van der Waals surface area (Å²) in [5.41, 5.74) is 0.543. The SMILES string of the molecule is O=C(Nc1ccc(I)cc1C(=O)O)c1cc(Cl)c[nH]1. The maximum Gasteiger partial charge on any atom is 0.337 e. The van der Waals surface area contributed by atoms with E-state index in [-0.39, 0.29) is 16.9 Å². The molecule has 0 aliphatic rings. The fourth-order valence-electron chi connectivity index (χ4n) is 1.49. The first-order chi connectivity index (χ1) is 8.97. The van der Waals surface area contributed by atoms with Gasteiger partial charge >= 0.3 is 5.97 Å². The van der Waals surface area contributed by atoms with Gasteiger partial charge in [-0.25, -0.2) is 4.79 Å². The molecule has 0 spiro atoms. The summed E-state index contributed by atoms with van der Waals surface area (Å²) >= 11 is 7.71. The highest BCUT2D eigenvalue weighted by Crippen LogP contribution is 2.20. The summed E-state index contributed by atoms with van der Waals surface area (Å²) in [4.78, 5) is 25.7. The lowest BCUT2D eigenvalue weighted by molar-refractivity contribution is 0.0698. The van der Waals surface area contributed by atoms with Crippen molar-refractivity contribution in [2.45, 2.75) is 0 Å². The van der Waals surface area contributed by atoms with Crippen molar-refractivity contribution in [1.29, 1.82) is 0 Å². The number of nitrogens with one attached hydrogen (secondary N) is 2. The molecule has 1 aromatic heterocycles. The molecule has 2 rings (SSSR count). The Morgan fingerprint density at radius 2 is 2.05 bits per heavy atom. The first kappa shape index (κ1) is 13.9. The molecule has 3 N–H and O–H groups in total. The third kappa shape index (κ3) is 3.27. The lowest BCUT2D eigenvalue weighted by Gasteiger charge is -2.08. The van der Waals surface area contributed by atoms with Crippen molar-refractivity contribution < 1.29 is 14.7 Å². The lowest BCUT2D eigenvalue weighted by atomic mass is 10.2. The first-order valence-electron chi connectivity index (χ1n) is 5.15. The number of rotatable bonds is 3. The number of aromatic nitrogens is 1. The fraction of sp³-hybridized carbons (Fsp3) is 0. The van der Waals surface area contributed by atoms with E-state index in [1.807, 2.05) is 22.6 Å². The van der Waals surface area contributed by atoms with Crippen molar-refractivity contribution in [3.63, 3.8) is 0 Å². The number of carbonyl (C=O) groups excluding carboxylic acids is 1. The predicted octanol–water partition coefficient (Wildman–Crippen LogP) is 3.22. The van der Waals surface area contributed by atoms with Crippen LogP contribution in [-0.2, 0) is 0 Å². The van der Waals surface area contributed by atoms with Gasteiger partial charge in [0.05, 0.1) is 16.3 Å². The van der Waals surface area contributed by atoms with Crippen molar-refractivity contribution in [3.05, 3.63) is 50.3 Å². The van der Waals surface area contributed by atoms with Crippen LogP contribution in [0.4, 0.5) is 5.69 Å². The highest BCUT2D eigenvalue weighted by atomic mass is 127. The van der Waals surface area contributed by atoms with Gasteiger partial charge in [-0.15, -0.1) is 0 Å². The van der Waals surface area contributed by atoms with Gasteiger partial charge in [-0.3, -0.25) is 4.79 Å². The van der Waals surface area contributed by atoms with E-state index < -0.39 is 11.9 Å². The summed E-state index contributed by atoms with van der Waals surface area (Å²) in [5.74, 6) is -1.55. The van der Waals surface area contributed by atoms with Gasteiger partial charge in [0.2, 0.25) is 0 Å². The summed E-state index contributed by atoms with van der Waals surface area (Å²) in [6.45, 7) is 0. The van der Waals surface area contributed by atoms with E-state index >= 15 is 0 Å². The Labute approximate surface area is 127 Å². The zero-order valence-corrected chi connectivity index (χ0v) is 12.3. The minimum atomic E-state index is -1.10. The number of amides is 1. The molecule has 19 heavy (non-hydrogen) atoms. The molecule has 5 nitrogen and oxygen atoms in total. The van der Waals surface area contributed by atoms with Crippen molar-refractivity contribution in [2.75, 3.05) is 5.32 Å². The molecular formula is C12H8ClIN2O3. The second-order valence-corrected chi connectivity index (χ2v) is 5.36. The van der Waals surface area contributed by atoms with Gasteiger partial charge in [0.1, 0.15) is 5.69 Å². The number of carbonyl (C=O) groups is 2. The number of anilines is 1. The van der Waals surface area contributed by atoms with E-state index in [1.54, 1.807) is 12.1 Å². The molecule has 0 radical (unpaired) electrons. The smallest absolute Gasteiger partial charge is 0.337 e. The van der Waals surface area contributed by atoms with E-state index in [4.69, 9.17) is 16.7 Å². The Bertz CT molecular complexity index is 654. The highest BCUT2D eigenvalue weighted by molar-refractivity contribution is 14.1. The summed E-state index contributed by atoms with van der Waals surface area (Å²) in [5, 5.41) is 12.0. The van der Waals surface area contributed by atoms with E-state index in [9.17, 15) is 9.59 Å². The number of carboxylic acid groups (broad SMARTS) is 1. The highest BCUT2D eigenvalue weighted by Gasteiger charge is 2.14. The molecule has 0 aliphatic heterocycles. The van der Waals surface area contributed by atoms with E-state index in [1.165, 1.54) is 18.3 Å². The van der Waals surface area contributed by atoms with Crippen LogP contribution in [0.2, 0.25) is 5.02 Å². The molecule has 0 fully saturated rings. The van der Waals surface area contributed by atoms with Crippen LogP contribution in [0.25, 0.3) is 0 Å². The Morgan fingerprint density at radius 1 is 1.32 bits per heavy atom. The van der Waals surface area contributed by atoms with Crippen molar-refractivity contribution in [1.82, 2.24) is 4.98 Å². The van der Waals surface area contributed by atoms with Crippen molar-refractivity contribution in [2.24, 2.45) is 0 Å². The number of carboxylic acids is 1. The van der Waals surface area contributed by atoms with Crippen molar-refractivity contribution >= 4 is 51.8 Å². The topological polar surface area (TPSA) is 82.2 Å². The van der Waals surface area contributed by atoms with Crippen LogP contribution in [-0.4, -0.2) is 22.0 Å². The monoisotopic (exact) mass is 390 g/mol. The minimum Gasteiger partial charge on any atom is -0.478 e. The summed E-state index contributed by atoms with van der Waals surface area (Å²) in [6, 6.07) is 6.21. The zero-order valence-electron chi connectivity index (χ0n) is 9.41. The Kier molecular flexibility index (Phi) is 4.11. The molecule has 1 heterocycles. The second-order valence-electron chi connectivity index (χ2n) is 3.68. The molecule has 2 aromatic rings. The van der Waals surface area contributed by atoms with Crippen LogP contribution in [0.15, 0.2) is 30.5 Å². The maximum atomic E-state index is 11.9. The summed E-state index contributed by atoms with van der Waals surface area (Å²) < 4.78 is 0.774. The van der Waals surface area contributed by atoms with Crippen molar-refractivity contribution in [3.8, 4) is 0 Å². The van der Waals surface area contributed by atoms with Crippen LogP contribution in [0.5, 0.6) is 0 Å². The standard InChI is InChI=1S/C12H8ClIN2O3/c13-6-3-10(15-5-6)11(17)16-9-2-1-7(14)4-8(9)12(18)19/h1-5,15H,(H,16,17)(H,18,19). The zero-order chi connectivity index (χ0) is 14.0. The van der Waals surface area contributed by atoms with Crippen LogP contribution in [0, 0.1) is 3.57 Å². The second kappa shape index (κ2) is 5.62. The third-order valence-electron chi connectivity index (χ3n) is 2.35. The number of halogens is 2. The lowest BCUT2D eigenvalue weighted by Crippen LogP contribution is -2.15. The van der Waals surface area contributed by atoms with Crippen LogP contribution < -0.4 is 5.32 Å². The molecule has 7 heteroatoms. The molecule has 0 bridgehead atoms. The summed E-state index contributed by atoms with van der Waals surface area (Å²) in [7, 11) is 0. The van der Waals surface area contributed by atoms with Gasteiger partial charge in [0.15, 0.2) is 0 Å². The molecule has 0 unspecified atom stereocenters. The third-order valence-corrected chi connectivity index (χ3v) is 3.24. The molecule has 0 aliphatic carbocycles. The predicted molar refractivity (Wildman–Crippen MR) is 79.9 cm³/mol. The molecule has 0 saturated carbocycles. The van der Waals surface area contributed by atoms with Gasteiger partial charge in [-0.05, 0) is 46.9 Å². The number of aromatic amines is 1. The number of H-pyrrole nitrogens is 1. The quantitative estimate of drug-likeness (QED) is 0.704. The number of aromatic carboxylic acids is 1. The Morgan fingerprint density at radius 3 is 2.63 bits per heavy atom. The van der Waals surface area contributed by atoms with Gasteiger partial charge in [-0.1, -0.05) is 11.6 Å². The Balaban J connectivity index is 2.28. The Hall–Kier alpha value is -1.54. The molecule has 0 saturated heterocycles. The van der Waals surface area contributed by atoms with E-state index in [2.05, 4.69) is 10.3 Å². The van der Waals surface area contributed by atoms with Crippen LogP contribution >= 0.6 is 34.2 Å². The molecule has 0 atom stereocenters. The molecular weight excluding hydrogens is 383 g/mol. The van der Waals surface area contributed by atoms with E-state index in [0.29, 0.717) is 5.02 Å². The molecule has 1 aromatic carbocycles. The summed E-state index contributed by atoms with van der Waals surface area (Å²) in [6.07, 6.45) is 1.47. The minimum absolute atomic E-state index is 0.0397. The van der Waals surface area contributed by atoms with E-state index in [0.717, 1.165) is 3.57 Å². The number of benzene rings is 1. The van der Waals surface area contributed by atoms with Gasteiger partial charge in [0, 0.05) is 9.77 Å². The molecule has 98 valence electrons. The van der Waals surface area contributed by atoms with Crippen LogP contribution in [0.1, 0.15) is 20.8 Å². The number of hydrogen-bond donors (Lipinski definition) is 3.